The van der Waals surface area contributed by atoms with E-state index >= 15 is 0 Å². The monoisotopic (exact) mass is 285 g/mol. The molecule has 20 heavy (non-hydrogen) atoms. The minimum Gasteiger partial charge on any atom is -0.481 e. The first-order valence-corrected chi connectivity index (χ1v) is 6.93. The molecule has 0 aromatic rings. The van der Waals surface area contributed by atoms with E-state index < -0.39 is 5.97 Å². The third-order valence-corrected chi connectivity index (χ3v) is 3.78. The Bertz CT molecular complexity index is 386. The Morgan fingerprint density at radius 1 is 1.35 bits per heavy atom. The lowest BCUT2D eigenvalue weighted by Crippen LogP contribution is -2.53. The number of hydrogen-bond donors (Lipinski definition) is 2. The minimum atomic E-state index is -0.932. The smallest absolute Gasteiger partial charge is 0.320 e. The van der Waals surface area contributed by atoms with E-state index in [0.29, 0.717) is 19.5 Å². The highest BCUT2D eigenvalue weighted by Crippen LogP contribution is 2.23. The van der Waals surface area contributed by atoms with E-state index in [4.69, 9.17) is 10.8 Å². The third kappa shape index (κ3) is 4.11. The summed E-state index contributed by atoms with van der Waals surface area (Å²) in [6, 6.07) is -0.177. The van der Waals surface area contributed by atoms with Crippen molar-refractivity contribution in [2.45, 2.75) is 39.2 Å². The number of rotatable bonds is 5. The van der Waals surface area contributed by atoms with Crippen LogP contribution >= 0.6 is 0 Å². The number of carboxylic acid groups (broad SMARTS) is 1. The summed E-state index contributed by atoms with van der Waals surface area (Å²) in [5.74, 6) is -1.63. The molecule has 0 aliphatic carbocycles. The van der Waals surface area contributed by atoms with E-state index in [0.717, 1.165) is 6.42 Å². The molecular formula is C13H23N3O4. The summed E-state index contributed by atoms with van der Waals surface area (Å²) < 4.78 is 0. The second-order valence-corrected chi connectivity index (χ2v) is 5.18. The van der Waals surface area contributed by atoms with Gasteiger partial charge in [0.15, 0.2) is 0 Å². The number of amides is 3. The molecule has 0 saturated carbocycles. The fourth-order valence-corrected chi connectivity index (χ4v) is 2.41. The van der Waals surface area contributed by atoms with E-state index in [2.05, 4.69) is 0 Å². The quantitative estimate of drug-likeness (QED) is 0.767. The van der Waals surface area contributed by atoms with E-state index in [1.165, 1.54) is 4.90 Å². The molecule has 3 N–H and O–H groups in total. The Kier molecular flexibility index (Phi) is 5.79. The number of carbonyl (C=O) groups is 3. The van der Waals surface area contributed by atoms with Crippen molar-refractivity contribution in [2.75, 3.05) is 19.6 Å². The fourth-order valence-electron chi connectivity index (χ4n) is 2.41. The number of nitrogens with zero attached hydrogens (tertiary/aromatic N) is 2. The topological polar surface area (TPSA) is 104 Å². The van der Waals surface area contributed by atoms with Crippen LogP contribution in [-0.2, 0) is 9.59 Å². The molecular weight excluding hydrogens is 262 g/mol. The molecule has 1 aliphatic rings. The number of piperidine rings is 1. The fraction of sp³-hybridized carbons (Fsp3) is 0.769. The molecule has 3 amide bonds. The molecule has 0 bridgehead atoms. The second kappa shape index (κ2) is 7.12. The average molecular weight is 285 g/mol. The highest BCUT2D eigenvalue weighted by Gasteiger charge is 2.33. The maximum absolute atomic E-state index is 12.4. The summed E-state index contributed by atoms with van der Waals surface area (Å²) >= 11 is 0. The summed E-state index contributed by atoms with van der Waals surface area (Å²) in [5.41, 5.74) is 5.31. The van der Waals surface area contributed by atoms with Gasteiger partial charge in [-0.05, 0) is 26.7 Å². The van der Waals surface area contributed by atoms with Gasteiger partial charge in [-0.15, -0.1) is 0 Å². The molecule has 0 aromatic carbocycles. The lowest BCUT2D eigenvalue weighted by Gasteiger charge is -2.39. The van der Waals surface area contributed by atoms with Crippen LogP contribution in [0.15, 0.2) is 0 Å². The first-order chi connectivity index (χ1) is 9.36. The molecule has 1 saturated heterocycles. The molecule has 0 spiro atoms. The van der Waals surface area contributed by atoms with E-state index in [1.807, 2.05) is 6.92 Å². The van der Waals surface area contributed by atoms with Crippen LogP contribution in [0.4, 0.5) is 4.79 Å². The maximum Gasteiger partial charge on any atom is 0.320 e. The number of urea groups is 1. The number of primary amides is 1. The zero-order chi connectivity index (χ0) is 15.3. The van der Waals surface area contributed by atoms with Crippen LogP contribution in [0.2, 0.25) is 0 Å². The van der Waals surface area contributed by atoms with Crippen molar-refractivity contribution in [2.24, 2.45) is 11.7 Å². The molecule has 2 atom stereocenters. The van der Waals surface area contributed by atoms with Gasteiger partial charge >= 0.3 is 12.0 Å². The van der Waals surface area contributed by atoms with E-state index in [1.54, 1.807) is 11.8 Å². The summed E-state index contributed by atoms with van der Waals surface area (Å²) in [7, 11) is 0. The lowest BCUT2D eigenvalue weighted by atomic mass is 9.93. The van der Waals surface area contributed by atoms with Crippen molar-refractivity contribution in [3.05, 3.63) is 0 Å². The van der Waals surface area contributed by atoms with E-state index in [9.17, 15) is 14.4 Å². The molecule has 7 nitrogen and oxygen atoms in total. The van der Waals surface area contributed by atoms with Crippen LogP contribution in [0, 0.1) is 5.92 Å². The Morgan fingerprint density at radius 3 is 2.50 bits per heavy atom. The van der Waals surface area contributed by atoms with Crippen molar-refractivity contribution in [1.29, 1.82) is 0 Å². The van der Waals surface area contributed by atoms with Gasteiger partial charge < -0.3 is 20.6 Å². The van der Waals surface area contributed by atoms with Crippen molar-refractivity contribution in [1.82, 2.24) is 9.80 Å². The first kappa shape index (κ1) is 16.3. The van der Waals surface area contributed by atoms with Gasteiger partial charge in [0, 0.05) is 25.7 Å². The Morgan fingerprint density at radius 2 is 2.00 bits per heavy atom. The number of hydrogen-bond acceptors (Lipinski definition) is 3. The molecule has 1 fully saturated rings. The summed E-state index contributed by atoms with van der Waals surface area (Å²) in [5, 5.41) is 8.70. The molecule has 1 aliphatic heterocycles. The Hall–Kier alpha value is -1.79. The largest absolute Gasteiger partial charge is 0.481 e. The van der Waals surface area contributed by atoms with E-state index in [-0.39, 0.29) is 36.9 Å². The summed E-state index contributed by atoms with van der Waals surface area (Å²) in [6.45, 7) is 4.67. The first-order valence-electron chi connectivity index (χ1n) is 6.93. The maximum atomic E-state index is 12.4. The van der Waals surface area contributed by atoms with Crippen LogP contribution in [0.5, 0.6) is 0 Å². The number of likely N-dealkylation sites (tertiary alicyclic amines) is 1. The van der Waals surface area contributed by atoms with Crippen LogP contribution < -0.4 is 5.73 Å². The third-order valence-electron chi connectivity index (χ3n) is 3.78. The zero-order valence-corrected chi connectivity index (χ0v) is 12.0. The van der Waals surface area contributed by atoms with Gasteiger partial charge in [-0.1, -0.05) is 0 Å². The Balaban J connectivity index is 2.70. The van der Waals surface area contributed by atoms with Crippen LogP contribution in [0.25, 0.3) is 0 Å². The van der Waals surface area contributed by atoms with Gasteiger partial charge in [0.1, 0.15) is 0 Å². The highest BCUT2D eigenvalue weighted by atomic mass is 16.4. The van der Waals surface area contributed by atoms with Gasteiger partial charge in [0.05, 0.1) is 12.3 Å². The van der Waals surface area contributed by atoms with Gasteiger partial charge in [-0.2, -0.15) is 0 Å². The second-order valence-electron chi connectivity index (χ2n) is 5.18. The predicted octanol–water partition coefficient (Wildman–Crippen LogP) is 0.489. The summed E-state index contributed by atoms with van der Waals surface area (Å²) in [6.07, 6.45) is 1.35. The molecule has 7 heteroatoms. The van der Waals surface area contributed by atoms with Crippen LogP contribution in [0.3, 0.4) is 0 Å². The molecule has 114 valence electrons. The molecule has 1 rings (SSSR count). The normalized spacial score (nSPS) is 22.4. The van der Waals surface area contributed by atoms with Gasteiger partial charge in [-0.3, -0.25) is 9.59 Å². The number of aliphatic carboxylic acids is 1. The van der Waals surface area contributed by atoms with Crippen LogP contribution in [-0.4, -0.2) is 58.5 Å². The Labute approximate surface area is 118 Å². The van der Waals surface area contributed by atoms with Crippen molar-refractivity contribution < 1.29 is 19.5 Å². The lowest BCUT2D eigenvalue weighted by molar-refractivity contribution is -0.137. The number of nitrogens with two attached hydrogens (primary N) is 1. The van der Waals surface area contributed by atoms with Crippen LogP contribution in [0.1, 0.15) is 33.1 Å². The number of carboxylic acids is 1. The minimum absolute atomic E-state index is 0.0389. The average Bonchev–Trinajstić information content (AvgIpc) is 2.39. The highest BCUT2D eigenvalue weighted by molar-refractivity contribution is 5.80. The molecule has 0 aromatic heterocycles. The zero-order valence-electron chi connectivity index (χ0n) is 12.0. The van der Waals surface area contributed by atoms with Gasteiger partial charge in [0.2, 0.25) is 5.91 Å². The van der Waals surface area contributed by atoms with Gasteiger partial charge in [0.25, 0.3) is 0 Å². The van der Waals surface area contributed by atoms with Gasteiger partial charge in [-0.25, -0.2) is 4.79 Å². The predicted molar refractivity (Wildman–Crippen MR) is 73.0 cm³/mol. The standard InChI is InChI=1S/C13H23N3O4/c1-3-15(7-6-11(17)18)13(20)16-8-10(12(14)19)5-4-9(16)2/h9-10H,3-8H2,1-2H3,(H2,14,19)(H,17,18). The number of carbonyl (C=O) groups excluding carboxylic acids is 2. The van der Waals surface area contributed by atoms with Crippen molar-refractivity contribution >= 4 is 17.9 Å². The summed E-state index contributed by atoms with van der Waals surface area (Å²) in [4.78, 5) is 37.4. The molecule has 0 radical (unpaired) electrons. The van der Waals surface area contributed by atoms with Crippen molar-refractivity contribution in [3.63, 3.8) is 0 Å². The SMILES string of the molecule is CCN(CCC(=O)O)C(=O)N1CC(C(N)=O)CCC1C. The molecule has 1 heterocycles. The van der Waals surface area contributed by atoms with Crippen molar-refractivity contribution in [3.8, 4) is 0 Å². The molecule has 2 unspecified atom stereocenters.